The Morgan fingerprint density at radius 2 is 2.18 bits per heavy atom. The quantitative estimate of drug-likeness (QED) is 0.601. The van der Waals surface area contributed by atoms with Crippen LogP contribution in [0, 0.1) is 13.8 Å². The highest BCUT2D eigenvalue weighted by atomic mass is 16.5. The molecule has 0 bridgehead atoms. The number of rotatable bonds is 6. The summed E-state index contributed by atoms with van der Waals surface area (Å²) in [6.45, 7) is 8.47. The van der Waals surface area contributed by atoms with Gasteiger partial charge < -0.3 is 18.6 Å². The Morgan fingerprint density at radius 3 is 2.86 bits per heavy atom. The number of carbonyl (C=O) groups is 1. The van der Waals surface area contributed by atoms with Gasteiger partial charge in [0.1, 0.15) is 11.5 Å². The van der Waals surface area contributed by atoms with Crippen LogP contribution in [0.2, 0.25) is 0 Å². The molecule has 0 fully saturated rings. The van der Waals surface area contributed by atoms with Crippen molar-refractivity contribution in [1.82, 2.24) is 24.8 Å². The van der Waals surface area contributed by atoms with E-state index in [1.807, 2.05) is 18.5 Å². The van der Waals surface area contributed by atoms with Gasteiger partial charge in [-0.1, -0.05) is 5.16 Å². The zero-order valence-corrected chi connectivity index (χ0v) is 16.3. The van der Waals surface area contributed by atoms with Gasteiger partial charge in [-0.3, -0.25) is 9.48 Å². The monoisotopic (exact) mass is 385 g/mol. The summed E-state index contributed by atoms with van der Waals surface area (Å²) >= 11 is 0. The fourth-order valence-electron chi connectivity index (χ4n) is 3.41. The largest absolute Gasteiger partial charge is 0.440 e. The van der Waals surface area contributed by atoms with Crippen LogP contribution in [0.3, 0.4) is 0 Å². The Bertz CT molecular complexity index is 987. The molecule has 0 atom stereocenters. The van der Waals surface area contributed by atoms with Gasteiger partial charge in [-0.15, -0.1) is 0 Å². The topological polar surface area (TPSA) is 99.4 Å². The number of fused-ring (bicyclic) bond motifs is 1. The summed E-state index contributed by atoms with van der Waals surface area (Å²) in [7, 11) is 0. The molecule has 1 aliphatic heterocycles. The number of nitrogens with zero attached hydrogens (tertiary/aromatic N) is 5. The fourth-order valence-corrected chi connectivity index (χ4v) is 3.41. The van der Waals surface area contributed by atoms with Crippen LogP contribution in [0.25, 0.3) is 11.6 Å². The van der Waals surface area contributed by atoms with Crippen molar-refractivity contribution in [1.29, 1.82) is 0 Å². The third kappa shape index (κ3) is 3.45. The smallest absolute Gasteiger partial charge is 0.276 e. The van der Waals surface area contributed by atoms with Gasteiger partial charge in [0.25, 0.3) is 5.91 Å². The van der Waals surface area contributed by atoms with E-state index in [1.54, 1.807) is 24.1 Å². The summed E-state index contributed by atoms with van der Waals surface area (Å²) in [5.41, 5.74) is 3.04. The zero-order chi connectivity index (χ0) is 19.7. The van der Waals surface area contributed by atoms with E-state index in [9.17, 15) is 4.79 Å². The number of oxazole rings is 1. The van der Waals surface area contributed by atoms with Crippen molar-refractivity contribution in [3.63, 3.8) is 0 Å². The molecule has 0 aromatic carbocycles. The molecule has 28 heavy (non-hydrogen) atoms. The molecule has 0 radical (unpaired) electrons. The second-order valence-corrected chi connectivity index (χ2v) is 6.77. The number of hydrogen-bond acceptors (Lipinski definition) is 7. The number of hydrogen-bond donors (Lipinski definition) is 0. The first-order valence-electron chi connectivity index (χ1n) is 9.38. The zero-order valence-electron chi connectivity index (χ0n) is 16.3. The Morgan fingerprint density at radius 1 is 1.32 bits per heavy atom. The predicted molar refractivity (Wildman–Crippen MR) is 98.6 cm³/mol. The van der Waals surface area contributed by atoms with Crippen LogP contribution >= 0.6 is 0 Å². The Kier molecular flexibility index (Phi) is 4.99. The van der Waals surface area contributed by atoms with Gasteiger partial charge in [0, 0.05) is 36.9 Å². The second-order valence-electron chi connectivity index (χ2n) is 6.77. The fraction of sp³-hybridized carbons (Fsp3) is 0.474. The molecule has 0 saturated heterocycles. The highest BCUT2D eigenvalue weighted by molar-refractivity contribution is 5.92. The minimum atomic E-state index is -0.154. The highest BCUT2D eigenvalue weighted by Gasteiger charge is 2.31. The van der Waals surface area contributed by atoms with E-state index in [2.05, 4.69) is 10.1 Å². The Hall–Kier alpha value is -2.94. The summed E-state index contributed by atoms with van der Waals surface area (Å²) in [4.78, 5) is 18.9. The maximum absolute atomic E-state index is 12.8. The van der Waals surface area contributed by atoms with E-state index in [4.69, 9.17) is 18.8 Å². The molecule has 4 rings (SSSR count). The van der Waals surface area contributed by atoms with Gasteiger partial charge in [0.15, 0.2) is 11.4 Å². The van der Waals surface area contributed by atoms with E-state index < -0.39 is 0 Å². The van der Waals surface area contributed by atoms with Crippen molar-refractivity contribution in [2.45, 2.75) is 40.3 Å². The van der Waals surface area contributed by atoms with Gasteiger partial charge in [0.05, 0.1) is 25.9 Å². The summed E-state index contributed by atoms with van der Waals surface area (Å²) in [6.07, 6.45) is 2.36. The predicted octanol–water partition coefficient (Wildman–Crippen LogP) is 2.38. The first kappa shape index (κ1) is 18.4. The summed E-state index contributed by atoms with van der Waals surface area (Å²) in [6, 6.07) is 1.65. The molecule has 9 nitrogen and oxygen atoms in total. The van der Waals surface area contributed by atoms with Crippen molar-refractivity contribution in [3.8, 4) is 11.6 Å². The number of ether oxygens (including phenoxy) is 1. The summed E-state index contributed by atoms with van der Waals surface area (Å²) in [5, 5.41) is 8.58. The van der Waals surface area contributed by atoms with E-state index in [0.717, 1.165) is 17.0 Å². The summed E-state index contributed by atoms with van der Waals surface area (Å²) < 4.78 is 18.2. The lowest BCUT2D eigenvalue weighted by Gasteiger charge is -2.27. The van der Waals surface area contributed by atoms with Gasteiger partial charge in [-0.05, 0) is 20.8 Å². The molecular weight excluding hydrogens is 362 g/mol. The molecule has 1 aliphatic rings. The van der Waals surface area contributed by atoms with Crippen LogP contribution in [0.1, 0.15) is 40.2 Å². The molecule has 148 valence electrons. The molecule has 3 aromatic rings. The van der Waals surface area contributed by atoms with Crippen LogP contribution in [0.4, 0.5) is 0 Å². The van der Waals surface area contributed by atoms with Crippen molar-refractivity contribution >= 4 is 5.91 Å². The van der Waals surface area contributed by atoms with Crippen molar-refractivity contribution in [2.24, 2.45) is 0 Å². The number of aromatic nitrogens is 4. The molecule has 0 saturated carbocycles. The van der Waals surface area contributed by atoms with Gasteiger partial charge in [-0.2, -0.15) is 5.10 Å². The molecule has 4 heterocycles. The second kappa shape index (κ2) is 7.59. The third-order valence-corrected chi connectivity index (χ3v) is 4.74. The van der Waals surface area contributed by atoms with Crippen molar-refractivity contribution in [2.75, 3.05) is 19.8 Å². The van der Waals surface area contributed by atoms with E-state index in [0.29, 0.717) is 62.3 Å². The van der Waals surface area contributed by atoms with Crippen LogP contribution in [-0.4, -0.2) is 50.5 Å². The Labute approximate surface area is 162 Å². The van der Waals surface area contributed by atoms with E-state index in [-0.39, 0.29) is 5.91 Å². The molecule has 0 unspecified atom stereocenters. The van der Waals surface area contributed by atoms with Crippen LogP contribution in [0.15, 0.2) is 21.2 Å². The third-order valence-electron chi connectivity index (χ3n) is 4.74. The first-order chi connectivity index (χ1) is 13.6. The van der Waals surface area contributed by atoms with Gasteiger partial charge in [0.2, 0.25) is 5.89 Å². The average Bonchev–Trinajstić information content (AvgIpc) is 3.40. The number of carbonyl (C=O) groups excluding carboxylic acids is 1. The van der Waals surface area contributed by atoms with Crippen LogP contribution < -0.4 is 0 Å². The maximum atomic E-state index is 12.8. The molecule has 1 amide bonds. The number of amides is 1. The maximum Gasteiger partial charge on any atom is 0.276 e. The Balaban J connectivity index is 1.65. The summed E-state index contributed by atoms with van der Waals surface area (Å²) in [5.74, 6) is 1.64. The minimum Gasteiger partial charge on any atom is -0.440 e. The van der Waals surface area contributed by atoms with Gasteiger partial charge in [-0.25, -0.2) is 4.98 Å². The van der Waals surface area contributed by atoms with Crippen molar-refractivity contribution < 1.29 is 18.5 Å². The first-order valence-corrected chi connectivity index (χ1v) is 9.38. The lowest BCUT2D eigenvalue weighted by molar-refractivity contribution is 0.0721. The number of aryl methyl sites for hydroxylation is 2. The molecule has 9 heteroatoms. The molecule has 3 aromatic heterocycles. The molecule has 0 aliphatic carbocycles. The normalized spacial score (nSPS) is 13.8. The average molecular weight is 385 g/mol. The van der Waals surface area contributed by atoms with Crippen LogP contribution in [0.5, 0.6) is 0 Å². The standard InChI is InChI=1S/C19H23N5O4/c1-4-26-8-7-24-16-5-6-23(19(25)15-9-12(2)28-22-15)11-14(16)17(21-24)18-20-10-13(3)27-18/h9-10H,4-8,11H2,1-3H3. The minimum absolute atomic E-state index is 0.154. The lowest BCUT2D eigenvalue weighted by atomic mass is 10.0. The van der Waals surface area contributed by atoms with Crippen molar-refractivity contribution in [3.05, 3.63) is 40.7 Å². The molecule has 0 spiro atoms. The van der Waals surface area contributed by atoms with E-state index in [1.165, 1.54) is 0 Å². The molecule has 0 N–H and O–H groups in total. The van der Waals surface area contributed by atoms with E-state index >= 15 is 0 Å². The SMILES string of the molecule is CCOCCn1nc(-c2ncc(C)o2)c2c1CCN(C(=O)c1cc(C)on1)C2. The molecular formula is C19H23N5O4. The van der Waals surface area contributed by atoms with Crippen LogP contribution in [-0.2, 0) is 24.2 Å². The lowest BCUT2D eigenvalue weighted by Crippen LogP contribution is -2.36. The highest BCUT2D eigenvalue weighted by Crippen LogP contribution is 2.30. The van der Waals surface area contributed by atoms with Gasteiger partial charge >= 0.3 is 0 Å².